The summed E-state index contributed by atoms with van der Waals surface area (Å²) in [6.07, 6.45) is 0.417. The molecule has 2 saturated heterocycles. The fourth-order valence-electron chi connectivity index (χ4n) is 5.01. The number of benzene rings is 1. The minimum atomic E-state index is -4.36. The molecule has 3 heterocycles. The molecular formula is C27H36F3N5O. The van der Waals surface area contributed by atoms with Crippen LogP contribution in [0, 0.1) is 13.8 Å². The molecule has 2 aromatic rings. The lowest BCUT2D eigenvalue weighted by molar-refractivity contribution is -0.138. The zero-order valence-corrected chi connectivity index (χ0v) is 21.2. The largest absolute Gasteiger partial charge is 0.416 e. The number of carbonyl (C=O) groups is 1. The van der Waals surface area contributed by atoms with E-state index in [0.29, 0.717) is 25.2 Å². The monoisotopic (exact) mass is 503 g/mol. The van der Waals surface area contributed by atoms with Gasteiger partial charge in [-0.05, 0) is 69.5 Å². The van der Waals surface area contributed by atoms with Gasteiger partial charge in [0.15, 0.2) is 0 Å². The molecule has 2 aliphatic rings. The number of pyridine rings is 1. The molecule has 2 aliphatic heterocycles. The Hall–Kier alpha value is -2.81. The van der Waals surface area contributed by atoms with E-state index in [2.05, 4.69) is 26.2 Å². The van der Waals surface area contributed by atoms with Gasteiger partial charge in [-0.15, -0.1) is 0 Å². The third-order valence-corrected chi connectivity index (χ3v) is 7.26. The number of nitrogens with one attached hydrogen (secondary N) is 1. The second kappa shape index (κ2) is 11.5. The maximum Gasteiger partial charge on any atom is 0.416 e. The molecular weight excluding hydrogens is 467 g/mol. The van der Waals surface area contributed by atoms with Gasteiger partial charge in [0, 0.05) is 63.1 Å². The van der Waals surface area contributed by atoms with E-state index in [1.54, 1.807) is 6.07 Å². The molecule has 0 bridgehead atoms. The molecule has 2 fully saturated rings. The second-order valence-electron chi connectivity index (χ2n) is 9.92. The van der Waals surface area contributed by atoms with E-state index >= 15 is 0 Å². The maximum absolute atomic E-state index is 13.2. The number of hydrogen-bond acceptors (Lipinski definition) is 5. The molecule has 0 unspecified atom stereocenters. The van der Waals surface area contributed by atoms with E-state index in [0.717, 1.165) is 63.4 Å². The van der Waals surface area contributed by atoms with E-state index in [-0.39, 0.29) is 17.5 Å². The average molecular weight is 504 g/mol. The zero-order chi connectivity index (χ0) is 25.7. The number of hydrogen-bond donors (Lipinski definition) is 1. The van der Waals surface area contributed by atoms with Crippen molar-refractivity contribution in [2.75, 3.05) is 56.0 Å². The Kier molecular flexibility index (Phi) is 8.39. The Morgan fingerprint density at radius 3 is 2.39 bits per heavy atom. The Morgan fingerprint density at radius 1 is 1.03 bits per heavy atom. The van der Waals surface area contributed by atoms with E-state index in [1.807, 2.05) is 24.1 Å². The molecule has 1 aromatic heterocycles. The summed E-state index contributed by atoms with van der Waals surface area (Å²) in [6, 6.07) is 8.61. The SMILES string of the molecule is Cc1ccc(N2CCN(CCCC(=O)N3CCC(Nc4ccc(C)c(C(F)(F)F)c4)CC3)CC2)cn1. The van der Waals surface area contributed by atoms with Gasteiger partial charge in [-0.25, -0.2) is 0 Å². The molecule has 0 aliphatic carbocycles. The van der Waals surface area contributed by atoms with Crippen LogP contribution in [0.4, 0.5) is 24.5 Å². The highest BCUT2D eigenvalue weighted by molar-refractivity contribution is 5.76. The van der Waals surface area contributed by atoms with Crippen LogP contribution in [0.3, 0.4) is 0 Å². The molecule has 0 radical (unpaired) electrons. The van der Waals surface area contributed by atoms with Crippen LogP contribution in [0.5, 0.6) is 0 Å². The summed E-state index contributed by atoms with van der Waals surface area (Å²) in [5.41, 5.74) is 2.29. The van der Waals surface area contributed by atoms with Gasteiger partial charge < -0.3 is 15.1 Å². The Balaban J connectivity index is 1.14. The standard InChI is InChI=1S/C27H36F3N5O/c1-20-5-7-23(18-25(20)27(28,29)30)32-22-9-12-35(13-10-22)26(36)4-3-11-33-14-16-34(17-15-33)24-8-6-21(2)31-19-24/h5-8,18-19,22,32H,3-4,9-17H2,1-2H3. The minimum Gasteiger partial charge on any atom is -0.382 e. The number of aryl methyl sites for hydroxylation is 2. The van der Waals surface area contributed by atoms with Crippen molar-refractivity contribution in [3.8, 4) is 0 Å². The molecule has 6 nitrogen and oxygen atoms in total. The first-order valence-corrected chi connectivity index (χ1v) is 12.8. The van der Waals surface area contributed by atoms with E-state index in [1.165, 1.54) is 19.1 Å². The molecule has 196 valence electrons. The quantitative estimate of drug-likeness (QED) is 0.593. The first-order valence-electron chi connectivity index (χ1n) is 12.8. The van der Waals surface area contributed by atoms with E-state index < -0.39 is 11.7 Å². The van der Waals surface area contributed by atoms with Crippen LogP contribution < -0.4 is 10.2 Å². The third-order valence-electron chi connectivity index (χ3n) is 7.26. The molecule has 0 spiro atoms. The fourth-order valence-corrected chi connectivity index (χ4v) is 5.01. The predicted molar refractivity (Wildman–Crippen MR) is 136 cm³/mol. The van der Waals surface area contributed by atoms with E-state index in [9.17, 15) is 18.0 Å². The van der Waals surface area contributed by atoms with Gasteiger partial charge in [-0.1, -0.05) is 6.07 Å². The summed E-state index contributed by atoms with van der Waals surface area (Å²) < 4.78 is 39.6. The molecule has 1 aromatic carbocycles. The van der Waals surface area contributed by atoms with Crippen molar-refractivity contribution in [2.45, 2.75) is 51.7 Å². The van der Waals surface area contributed by atoms with Crippen molar-refractivity contribution >= 4 is 17.3 Å². The van der Waals surface area contributed by atoms with Gasteiger partial charge in [-0.3, -0.25) is 14.7 Å². The maximum atomic E-state index is 13.2. The number of anilines is 2. The number of aromatic nitrogens is 1. The number of nitrogens with zero attached hydrogens (tertiary/aromatic N) is 4. The highest BCUT2D eigenvalue weighted by Gasteiger charge is 2.33. The lowest BCUT2D eigenvalue weighted by atomic mass is 10.0. The first kappa shape index (κ1) is 26.3. The van der Waals surface area contributed by atoms with Crippen LogP contribution in [-0.2, 0) is 11.0 Å². The lowest BCUT2D eigenvalue weighted by Crippen LogP contribution is -2.47. The Morgan fingerprint density at radius 2 is 1.75 bits per heavy atom. The molecule has 36 heavy (non-hydrogen) atoms. The van der Waals surface area contributed by atoms with Crippen molar-refractivity contribution in [3.63, 3.8) is 0 Å². The first-order chi connectivity index (χ1) is 17.2. The summed E-state index contributed by atoms with van der Waals surface area (Å²) >= 11 is 0. The number of carbonyl (C=O) groups excluding carboxylic acids is 1. The van der Waals surface area contributed by atoms with E-state index in [4.69, 9.17) is 0 Å². The molecule has 1 amide bonds. The summed E-state index contributed by atoms with van der Waals surface area (Å²) in [5.74, 6) is 0.174. The summed E-state index contributed by atoms with van der Waals surface area (Å²) in [7, 11) is 0. The van der Waals surface area contributed by atoms with Gasteiger partial charge in [-0.2, -0.15) is 13.2 Å². The molecule has 4 rings (SSSR count). The number of alkyl halides is 3. The second-order valence-corrected chi connectivity index (χ2v) is 9.92. The highest BCUT2D eigenvalue weighted by atomic mass is 19.4. The van der Waals surface area contributed by atoms with Crippen molar-refractivity contribution in [3.05, 3.63) is 53.3 Å². The van der Waals surface area contributed by atoms with Crippen molar-refractivity contribution in [1.82, 2.24) is 14.8 Å². The number of piperazine rings is 1. The summed E-state index contributed by atoms with van der Waals surface area (Å²) in [4.78, 5) is 23.8. The lowest BCUT2D eigenvalue weighted by Gasteiger charge is -2.36. The number of rotatable bonds is 7. The predicted octanol–water partition coefficient (Wildman–Crippen LogP) is 4.72. The van der Waals surface area contributed by atoms with Crippen molar-refractivity contribution < 1.29 is 18.0 Å². The number of piperidine rings is 1. The summed E-state index contributed by atoms with van der Waals surface area (Å²) in [5, 5.41) is 3.23. The van der Waals surface area contributed by atoms with Gasteiger partial charge in [0.2, 0.25) is 5.91 Å². The van der Waals surface area contributed by atoms with Crippen LogP contribution in [0.2, 0.25) is 0 Å². The number of likely N-dealkylation sites (tertiary alicyclic amines) is 1. The molecule has 0 saturated carbocycles. The topological polar surface area (TPSA) is 51.7 Å². The van der Waals surface area contributed by atoms with Crippen LogP contribution >= 0.6 is 0 Å². The zero-order valence-electron chi connectivity index (χ0n) is 21.2. The minimum absolute atomic E-state index is 0.0675. The van der Waals surface area contributed by atoms with Gasteiger partial charge in [0.1, 0.15) is 0 Å². The molecule has 1 N–H and O–H groups in total. The third kappa shape index (κ3) is 6.90. The Labute approximate surface area is 211 Å². The van der Waals surface area contributed by atoms with Gasteiger partial charge in [0.25, 0.3) is 0 Å². The smallest absolute Gasteiger partial charge is 0.382 e. The average Bonchev–Trinajstić information content (AvgIpc) is 2.86. The number of amides is 1. The normalized spacial score (nSPS) is 17.9. The van der Waals surface area contributed by atoms with Crippen LogP contribution in [0.25, 0.3) is 0 Å². The van der Waals surface area contributed by atoms with Crippen molar-refractivity contribution in [2.24, 2.45) is 0 Å². The molecule has 9 heteroatoms. The van der Waals surface area contributed by atoms with Crippen LogP contribution in [-0.4, -0.2) is 72.5 Å². The fraction of sp³-hybridized carbons (Fsp3) is 0.556. The number of halogens is 3. The van der Waals surface area contributed by atoms with Crippen molar-refractivity contribution in [1.29, 1.82) is 0 Å². The van der Waals surface area contributed by atoms with Crippen LogP contribution in [0.1, 0.15) is 42.5 Å². The molecule has 0 atom stereocenters. The van der Waals surface area contributed by atoms with Gasteiger partial charge >= 0.3 is 6.18 Å². The Bertz CT molecular complexity index is 1010. The van der Waals surface area contributed by atoms with Gasteiger partial charge in [0.05, 0.1) is 17.4 Å². The summed E-state index contributed by atoms with van der Waals surface area (Å²) in [6.45, 7) is 9.54. The van der Waals surface area contributed by atoms with Crippen LogP contribution in [0.15, 0.2) is 36.5 Å². The highest BCUT2D eigenvalue weighted by Crippen LogP contribution is 2.34.